The molecular weight excluding hydrogens is 439 g/mol. The molecule has 0 bridgehead atoms. The number of hydrogen-bond donors (Lipinski definition) is 0. The van der Waals surface area contributed by atoms with Gasteiger partial charge < -0.3 is 4.55 Å². The molecule has 186 valence electrons. The van der Waals surface area contributed by atoms with Crippen LogP contribution < -0.4 is 29.6 Å². The summed E-state index contributed by atoms with van der Waals surface area (Å²) in [5, 5.41) is 0. The second-order valence-corrected chi connectivity index (χ2v) is 10.9. The first-order valence-electron chi connectivity index (χ1n) is 13.6. The molecule has 0 spiro atoms. The number of benzene rings is 1. The average Bonchev–Trinajstić information content (AvgIpc) is 2.76. The van der Waals surface area contributed by atoms with Crippen molar-refractivity contribution in [2.24, 2.45) is 0 Å². The van der Waals surface area contributed by atoms with Gasteiger partial charge in [-0.05, 0) is 42.9 Å². The fraction of sp³-hybridized carbons (Fsp3) is 0.786. The molecule has 1 aromatic rings. The molecule has 0 fully saturated rings. The maximum atomic E-state index is 11.8. The van der Waals surface area contributed by atoms with Gasteiger partial charge in [0, 0.05) is 0 Å². The molecule has 0 aliphatic carbocycles. The van der Waals surface area contributed by atoms with Gasteiger partial charge in [-0.1, -0.05) is 129 Å². The first-order chi connectivity index (χ1) is 15.5. The van der Waals surface area contributed by atoms with Gasteiger partial charge >= 0.3 is 29.6 Å². The zero-order valence-electron chi connectivity index (χ0n) is 22.0. The van der Waals surface area contributed by atoms with Crippen molar-refractivity contribution < 1.29 is 42.5 Å². The molecule has 33 heavy (non-hydrogen) atoms. The summed E-state index contributed by atoms with van der Waals surface area (Å²) >= 11 is 0. The van der Waals surface area contributed by atoms with Gasteiger partial charge in [0.15, 0.2) is 0 Å². The molecule has 0 aliphatic rings. The zero-order chi connectivity index (χ0) is 23.5. The minimum atomic E-state index is -4.42. The molecule has 0 heterocycles. The topological polar surface area (TPSA) is 57.2 Å². The van der Waals surface area contributed by atoms with Crippen molar-refractivity contribution in [2.45, 2.75) is 147 Å². The number of unbranched alkanes of at least 4 members (excludes halogenated alkanes) is 16. The van der Waals surface area contributed by atoms with Crippen LogP contribution in [-0.2, 0) is 23.0 Å². The van der Waals surface area contributed by atoms with E-state index in [2.05, 4.69) is 13.8 Å². The summed E-state index contributed by atoms with van der Waals surface area (Å²) in [4.78, 5) is 0.0190. The van der Waals surface area contributed by atoms with Crippen LogP contribution in [0.15, 0.2) is 23.1 Å². The van der Waals surface area contributed by atoms with E-state index in [0.29, 0.717) is 6.42 Å². The molecule has 3 nitrogen and oxygen atoms in total. The third-order valence-electron chi connectivity index (χ3n) is 6.58. The van der Waals surface area contributed by atoms with Crippen molar-refractivity contribution in [3.05, 3.63) is 29.3 Å². The third-order valence-corrected chi connectivity index (χ3v) is 7.50. The van der Waals surface area contributed by atoms with Gasteiger partial charge in [0.1, 0.15) is 10.1 Å². The standard InChI is InChI=1S/C28H50O3S.Na/c1-3-5-7-9-11-13-15-17-19-22-26-23-21-25-28(32(29,30)31)27(26)24-20-18-16-14-12-10-8-6-4-2;/h21,23,25H,3-20,22,24H2,1-2H3,(H,29,30,31);/q;+1/p-1. The third kappa shape index (κ3) is 16.4. The minimum absolute atomic E-state index is 0. The Morgan fingerprint density at radius 3 is 1.42 bits per heavy atom. The molecule has 5 heteroatoms. The van der Waals surface area contributed by atoms with Crippen LogP contribution in [0.25, 0.3) is 0 Å². The van der Waals surface area contributed by atoms with Gasteiger partial charge in [0.25, 0.3) is 0 Å². The Morgan fingerprint density at radius 1 is 0.606 bits per heavy atom. The summed E-state index contributed by atoms with van der Waals surface area (Å²) in [7, 11) is -4.42. The van der Waals surface area contributed by atoms with Crippen LogP contribution in [0.5, 0.6) is 0 Å². The molecule has 0 unspecified atom stereocenters. The quantitative estimate of drug-likeness (QED) is 0.126. The van der Waals surface area contributed by atoms with Crippen LogP contribution >= 0.6 is 0 Å². The molecule has 0 saturated heterocycles. The molecule has 0 atom stereocenters. The summed E-state index contributed by atoms with van der Waals surface area (Å²) in [5.74, 6) is 0. The zero-order valence-corrected chi connectivity index (χ0v) is 24.8. The predicted molar refractivity (Wildman–Crippen MR) is 136 cm³/mol. The first kappa shape index (κ1) is 33.1. The van der Waals surface area contributed by atoms with Gasteiger partial charge in [-0.2, -0.15) is 0 Å². The SMILES string of the molecule is CCCCCCCCCCCc1cccc(S(=O)(=O)[O-])c1CCCCCCCCCCC.[Na+]. The Bertz CT molecular complexity index is 688. The summed E-state index contributed by atoms with van der Waals surface area (Å²) in [5.41, 5.74) is 1.87. The Hall–Kier alpha value is 0.130. The maximum Gasteiger partial charge on any atom is 1.00 e. The summed E-state index contributed by atoms with van der Waals surface area (Å²) < 4.78 is 35.5. The molecule has 1 aromatic carbocycles. The van der Waals surface area contributed by atoms with Gasteiger partial charge in [-0.3, -0.25) is 0 Å². The van der Waals surface area contributed by atoms with Gasteiger partial charge in [0.2, 0.25) is 0 Å². The van der Waals surface area contributed by atoms with Crippen molar-refractivity contribution in [1.29, 1.82) is 0 Å². The van der Waals surface area contributed by atoms with Crippen LogP contribution in [0.3, 0.4) is 0 Å². The van der Waals surface area contributed by atoms with Crippen molar-refractivity contribution in [1.82, 2.24) is 0 Å². The fourth-order valence-corrected chi connectivity index (χ4v) is 5.38. The van der Waals surface area contributed by atoms with E-state index in [-0.39, 0.29) is 34.5 Å². The van der Waals surface area contributed by atoms with Crippen LogP contribution in [-0.4, -0.2) is 13.0 Å². The summed E-state index contributed by atoms with van der Waals surface area (Å²) in [6.45, 7) is 4.49. The Labute approximate surface area is 228 Å². The molecule has 1 rings (SSSR count). The predicted octanol–water partition coefficient (Wildman–Crippen LogP) is 5.74. The van der Waals surface area contributed by atoms with E-state index >= 15 is 0 Å². The van der Waals surface area contributed by atoms with Crippen LogP contribution in [0.2, 0.25) is 0 Å². The molecule has 0 radical (unpaired) electrons. The van der Waals surface area contributed by atoms with Crippen molar-refractivity contribution >= 4 is 10.1 Å². The van der Waals surface area contributed by atoms with E-state index in [1.807, 2.05) is 6.07 Å². The fourth-order valence-electron chi connectivity index (χ4n) is 4.60. The average molecular weight is 489 g/mol. The number of hydrogen-bond acceptors (Lipinski definition) is 3. The van der Waals surface area contributed by atoms with Gasteiger partial charge in [0.05, 0.1) is 4.90 Å². The first-order valence-corrected chi connectivity index (χ1v) is 15.0. The number of aryl methyl sites for hydroxylation is 1. The van der Waals surface area contributed by atoms with Crippen molar-refractivity contribution in [3.63, 3.8) is 0 Å². The molecule has 0 aromatic heterocycles. The van der Waals surface area contributed by atoms with E-state index in [1.165, 1.54) is 102 Å². The summed E-state index contributed by atoms with van der Waals surface area (Å²) in [6, 6.07) is 5.28. The molecular formula is C28H49NaO3S. The monoisotopic (exact) mass is 488 g/mol. The van der Waals surface area contributed by atoms with E-state index in [9.17, 15) is 13.0 Å². The van der Waals surface area contributed by atoms with E-state index < -0.39 is 10.1 Å². The normalized spacial score (nSPS) is 11.5. The summed E-state index contributed by atoms with van der Waals surface area (Å²) in [6.07, 6.45) is 24.2. The molecule has 0 amide bonds. The maximum absolute atomic E-state index is 11.8. The van der Waals surface area contributed by atoms with Gasteiger partial charge in [-0.25, -0.2) is 8.42 Å². The second kappa shape index (κ2) is 21.4. The van der Waals surface area contributed by atoms with Crippen LogP contribution in [0, 0.1) is 0 Å². The Morgan fingerprint density at radius 2 is 1.00 bits per heavy atom. The molecule has 0 N–H and O–H groups in total. The van der Waals surface area contributed by atoms with Gasteiger partial charge in [-0.15, -0.1) is 0 Å². The largest absolute Gasteiger partial charge is 1.00 e. The smallest absolute Gasteiger partial charge is 0.744 e. The number of rotatable bonds is 21. The minimum Gasteiger partial charge on any atom is -0.744 e. The Balaban J connectivity index is 0.0000102. The molecule has 0 saturated carbocycles. The van der Waals surface area contributed by atoms with E-state index in [1.54, 1.807) is 6.07 Å². The van der Waals surface area contributed by atoms with Crippen LogP contribution in [0.4, 0.5) is 0 Å². The van der Waals surface area contributed by atoms with Crippen LogP contribution in [0.1, 0.15) is 141 Å². The van der Waals surface area contributed by atoms with Crippen molar-refractivity contribution in [3.8, 4) is 0 Å². The Kier molecular flexibility index (Phi) is 21.5. The van der Waals surface area contributed by atoms with E-state index in [4.69, 9.17) is 0 Å². The molecule has 0 aliphatic heterocycles. The second-order valence-electron chi connectivity index (χ2n) is 9.50. The van der Waals surface area contributed by atoms with Crippen molar-refractivity contribution in [2.75, 3.05) is 0 Å². The van der Waals surface area contributed by atoms with E-state index in [0.717, 1.165) is 36.8 Å².